The summed E-state index contributed by atoms with van der Waals surface area (Å²) in [5, 5.41) is 2.84. The fraction of sp³-hybridized carbons (Fsp3) is 0.857. The van der Waals surface area contributed by atoms with Crippen molar-refractivity contribution >= 4 is 11.7 Å². The lowest BCUT2D eigenvalue weighted by molar-refractivity contribution is -0.128. The summed E-state index contributed by atoms with van der Waals surface area (Å²) in [6, 6.07) is -0.354. The Kier molecular flexibility index (Phi) is 4.91. The molecule has 1 saturated heterocycles. The molecule has 1 heterocycles. The molecule has 0 aliphatic carbocycles. The number of nitrogens with zero attached hydrogens (tertiary/aromatic N) is 1. The minimum absolute atomic E-state index is 0.0279. The van der Waals surface area contributed by atoms with Gasteiger partial charge < -0.3 is 5.32 Å². The van der Waals surface area contributed by atoms with Crippen LogP contribution in [0.5, 0.6) is 0 Å². The van der Waals surface area contributed by atoms with E-state index in [1.165, 1.54) is 6.92 Å². The van der Waals surface area contributed by atoms with Gasteiger partial charge in [-0.05, 0) is 31.2 Å². The molecule has 1 aliphatic rings. The molecule has 1 fully saturated rings. The van der Waals surface area contributed by atoms with E-state index < -0.39 is 0 Å². The van der Waals surface area contributed by atoms with Crippen LogP contribution in [-0.2, 0) is 9.59 Å². The molecule has 1 amide bonds. The van der Waals surface area contributed by atoms with E-state index in [1.54, 1.807) is 0 Å². The molecule has 104 valence electrons. The van der Waals surface area contributed by atoms with Crippen molar-refractivity contribution in [2.24, 2.45) is 11.3 Å². The summed E-state index contributed by atoms with van der Waals surface area (Å²) < 4.78 is 0. The van der Waals surface area contributed by atoms with Crippen LogP contribution >= 0.6 is 0 Å². The Hall–Kier alpha value is -0.900. The van der Waals surface area contributed by atoms with Gasteiger partial charge >= 0.3 is 0 Å². The first-order chi connectivity index (χ1) is 8.21. The maximum atomic E-state index is 11.9. The van der Waals surface area contributed by atoms with E-state index in [1.807, 2.05) is 13.8 Å². The molecule has 4 heteroatoms. The van der Waals surface area contributed by atoms with Crippen LogP contribution in [-0.4, -0.2) is 42.3 Å². The normalized spacial score (nSPS) is 21.0. The number of hydrogen-bond acceptors (Lipinski definition) is 3. The molecule has 0 bridgehead atoms. The van der Waals surface area contributed by atoms with Crippen LogP contribution < -0.4 is 5.32 Å². The van der Waals surface area contributed by atoms with E-state index >= 15 is 0 Å². The number of carbonyl (C=O) groups is 2. The minimum Gasteiger partial charge on any atom is -0.345 e. The first kappa shape index (κ1) is 15.2. The Morgan fingerprint density at radius 2 is 1.94 bits per heavy atom. The first-order valence-corrected chi connectivity index (χ1v) is 6.73. The summed E-state index contributed by atoms with van der Waals surface area (Å²) in [6.07, 6.45) is 1.13. The molecule has 18 heavy (non-hydrogen) atoms. The van der Waals surface area contributed by atoms with Gasteiger partial charge in [-0.3, -0.25) is 14.5 Å². The van der Waals surface area contributed by atoms with Crippen molar-refractivity contribution in [3.8, 4) is 0 Å². The highest BCUT2D eigenvalue weighted by atomic mass is 16.2. The maximum absolute atomic E-state index is 11.9. The van der Waals surface area contributed by atoms with Gasteiger partial charge in [0.25, 0.3) is 0 Å². The number of likely N-dealkylation sites (tertiary alicyclic amines) is 1. The molecule has 0 aromatic heterocycles. The molecule has 0 aromatic carbocycles. The summed E-state index contributed by atoms with van der Waals surface area (Å²) in [5.74, 6) is 0.128. The summed E-state index contributed by atoms with van der Waals surface area (Å²) in [4.78, 5) is 25.5. The van der Waals surface area contributed by atoms with Gasteiger partial charge in [-0.2, -0.15) is 0 Å². The van der Waals surface area contributed by atoms with Crippen LogP contribution in [0.15, 0.2) is 0 Å². The van der Waals surface area contributed by atoms with Gasteiger partial charge in [-0.15, -0.1) is 0 Å². The van der Waals surface area contributed by atoms with E-state index in [-0.39, 0.29) is 23.7 Å². The Bertz CT molecular complexity index is 324. The molecule has 0 aromatic rings. The third-order valence-electron chi connectivity index (χ3n) is 3.54. The average molecular weight is 254 g/mol. The molecule has 1 rings (SSSR count). The number of amides is 1. The lowest BCUT2D eigenvalue weighted by Crippen LogP contribution is -2.47. The molecular formula is C14H26N2O2. The number of nitrogens with one attached hydrogen (secondary N) is 1. The van der Waals surface area contributed by atoms with Gasteiger partial charge in [0.15, 0.2) is 5.78 Å². The predicted molar refractivity (Wildman–Crippen MR) is 72.3 cm³/mol. The zero-order valence-electron chi connectivity index (χ0n) is 12.2. The van der Waals surface area contributed by atoms with E-state index in [2.05, 4.69) is 24.1 Å². The minimum atomic E-state index is -0.354. The Morgan fingerprint density at radius 3 is 2.33 bits per heavy atom. The van der Waals surface area contributed by atoms with Crippen molar-refractivity contribution in [2.45, 2.75) is 47.1 Å². The average Bonchev–Trinajstić information content (AvgIpc) is 2.53. The van der Waals surface area contributed by atoms with Crippen molar-refractivity contribution in [2.75, 3.05) is 19.6 Å². The number of Topliss-reactive ketones (excluding diaryl/α,β-unsaturated/α-hetero) is 1. The highest BCUT2D eigenvalue weighted by Gasteiger charge is 2.30. The van der Waals surface area contributed by atoms with Crippen LogP contribution in [0.2, 0.25) is 0 Å². The third kappa shape index (κ3) is 4.41. The van der Waals surface area contributed by atoms with Gasteiger partial charge in [-0.25, -0.2) is 0 Å². The van der Waals surface area contributed by atoms with Gasteiger partial charge in [0.2, 0.25) is 5.91 Å². The smallest absolute Gasteiger partial charge is 0.234 e. The zero-order valence-corrected chi connectivity index (χ0v) is 12.2. The molecule has 0 saturated carbocycles. The molecule has 1 atom stereocenters. The maximum Gasteiger partial charge on any atom is 0.234 e. The predicted octanol–water partition coefficient (Wildman–Crippen LogP) is 1.45. The second-order valence-electron chi connectivity index (χ2n) is 6.52. The van der Waals surface area contributed by atoms with Crippen molar-refractivity contribution in [3.05, 3.63) is 0 Å². The van der Waals surface area contributed by atoms with Gasteiger partial charge in [-0.1, -0.05) is 27.7 Å². The monoisotopic (exact) mass is 254 g/mol. The van der Waals surface area contributed by atoms with E-state index in [4.69, 9.17) is 0 Å². The number of rotatable bonds is 5. The largest absolute Gasteiger partial charge is 0.345 e. The van der Waals surface area contributed by atoms with E-state index in [0.717, 1.165) is 19.5 Å². The standard InChI is InChI=1S/C14H26N2O2/c1-10(2)13(11(3)17)15-12(18)8-16-7-6-14(4,5)9-16/h10,13H,6-9H2,1-5H3,(H,15,18). The summed E-state index contributed by atoms with van der Waals surface area (Å²) in [7, 11) is 0. The molecule has 4 nitrogen and oxygen atoms in total. The zero-order chi connectivity index (χ0) is 13.9. The van der Waals surface area contributed by atoms with Crippen LogP contribution in [0.1, 0.15) is 41.0 Å². The first-order valence-electron chi connectivity index (χ1n) is 6.73. The fourth-order valence-corrected chi connectivity index (χ4v) is 2.52. The molecule has 0 radical (unpaired) electrons. The third-order valence-corrected chi connectivity index (χ3v) is 3.54. The van der Waals surface area contributed by atoms with Crippen molar-refractivity contribution in [1.29, 1.82) is 0 Å². The second kappa shape index (κ2) is 5.83. The SMILES string of the molecule is CC(=O)C(NC(=O)CN1CCC(C)(C)C1)C(C)C. The van der Waals surface area contributed by atoms with E-state index in [0.29, 0.717) is 12.0 Å². The number of hydrogen-bond donors (Lipinski definition) is 1. The molecule has 1 N–H and O–H groups in total. The topological polar surface area (TPSA) is 49.4 Å². The van der Waals surface area contributed by atoms with Gasteiger partial charge in [0.1, 0.15) is 0 Å². The molecular weight excluding hydrogens is 228 g/mol. The van der Waals surface area contributed by atoms with Crippen LogP contribution in [0.3, 0.4) is 0 Å². The number of ketones is 1. The second-order valence-corrected chi connectivity index (χ2v) is 6.52. The van der Waals surface area contributed by atoms with Crippen LogP contribution in [0.4, 0.5) is 0 Å². The lowest BCUT2D eigenvalue weighted by atomic mass is 9.93. The van der Waals surface area contributed by atoms with Crippen molar-refractivity contribution in [3.63, 3.8) is 0 Å². The molecule has 0 spiro atoms. The Morgan fingerprint density at radius 1 is 1.33 bits per heavy atom. The molecule has 1 aliphatic heterocycles. The van der Waals surface area contributed by atoms with Crippen LogP contribution in [0, 0.1) is 11.3 Å². The molecule has 1 unspecified atom stereocenters. The summed E-state index contributed by atoms with van der Waals surface area (Å²) in [6.45, 7) is 12.2. The summed E-state index contributed by atoms with van der Waals surface area (Å²) >= 11 is 0. The Labute approximate surface area is 110 Å². The van der Waals surface area contributed by atoms with Crippen molar-refractivity contribution < 1.29 is 9.59 Å². The van der Waals surface area contributed by atoms with E-state index in [9.17, 15) is 9.59 Å². The highest BCUT2D eigenvalue weighted by Crippen LogP contribution is 2.28. The van der Waals surface area contributed by atoms with Gasteiger partial charge in [0.05, 0.1) is 12.6 Å². The highest BCUT2D eigenvalue weighted by molar-refractivity contribution is 5.88. The Balaban J connectivity index is 2.44. The number of carbonyl (C=O) groups excluding carboxylic acids is 2. The lowest BCUT2D eigenvalue weighted by Gasteiger charge is -2.23. The quantitative estimate of drug-likeness (QED) is 0.808. The van der Waals surface area contributed by atoms with Gasteiger partial charge in [0, 0.05) is 6.54 Å². The summed E-state index contributed by atoms with van der Waals surface area (Å²) in [5.41, 5.74) is 0.304. The fourth-order valence-electron chi connectivity index (χ4n) is 2.52. The van der Waals surface area contributed by atoms with Crippen LogP contribution in [0.25, 0.3) is 0 Å². The van der Waals surface area contributed by atoms with Crippen molar-refractivity contribution in [1.82, 2.24) is 10.2 Å².